The summed E-state index contributed by atoms with van der Waals surface area (Å²) in [6.45, 7) is 5.15. The molecule has 3 aromatic rings. The maximum atomic E-state index is 12.3. The second-order valence-electron chi connectivity index (χ2n) is 6.46. The molecule has 0 saturated heterocycles. The highest BCUT2D eigenvalue weighted by atomic mass is 19.4. The molecule has 0 aliphatic carbocycles. The fraction of sp³-hybridized carbons (Fsp3) is 0.190. The molecule has 0 bridgehead atoms. The van der Waals surface area contributed by atoms with Crippen molar-refractivity contribution in [3.05, 3.63) is 69.8 Å². The van der Waals surface area contributed by atoms with Crippen molar-refractivity contribution in [2.45, 2.75) is 27.1 Å². The maximum Gasteiger partial charge on any atom is 0.573 e. The van der Waals surface area contributed by atoms with Gasteiger partial charge in [0.15, 0.2) is 0 Å². The molecule has 0 saturated carbocycles. The Morgan fingerprint density at radius 2 is 1.50 bits per heavy atom. The van der Waals surface area contributed by atoms with Gasteiger partial charge >= 0.3 is 12.0 Å². The van der Waals surface area contributed by atoms with Crippen LogP contribution in [0.3, 0.4) is 0 Å². The molecule has 1 heterocycles. The summed E-state index contributed by atoms with van der Waals surface area (Å²) < 4.78 is 45.9. The van der Waals surface area contributed by atoms with E-state index in [1.54, 1.807) is 19.9 Å². The molecule has 3 rings (SSSR count). The molecule has 0 spiro atoms. The lowest BCUT2D eigenvalue weighted by molar-refractivity contribution is -0.274. The Hall–Kier alpha value is -3.22. The van der Waals surface area contributed by atoms with E-state index < -0.39 is 12.0 Å². The van der Waals surface area contributed by atoms with Crippen LogP contribution in [0.15, 0.2) is 51.7 Å². The van der Waals surface area contributed by atoms with E-state index in [1.165, 1.54) is 30.3 Å². The van der Waals surface area contributed by atoms with Gasteiger partial charge in [-0.2, -0.15) is 0 Å². The van der Waals surface area contributed by atoms with Crippen molar-refractivity contribution >= 4 is 0 Å². The highest BCUT2D eigenvalue weighted by Crippen LogP contribution is 2.35. The Labute approximate surface area is 158 Å². The van der Waals surface area contributed by atoms with Crippen LogP contribution >= 0.6 is 0 Å². The van der Waals surface area contributed by atoms with Gasteiger partial charge in [0.25, 0.3) is 0 Å². The van der Waals surface area contributed by atoms with Gasteiger partial charge in [-0.25, -0.2) is 4.79 Å². The largest absolute Gasteiger partial charge is 0.573 e. The lowest BCUT2D eigenvalue weighted by Crippen LogP contribution is -2.16. The fourth-order valence-corrected chi connectivity index (χ4v) is 3.08. The van der Waals surface area contributed by atoms with Crippen molar-refractivity contribution in [3.63, 3.8) is 0 Å². The molecular formula is C21H17F3O4. The van der Waals surface area contributed by atoms with Crippen molar-refractivity contribution in [2.75, 3.05) is 0 Å². The molecule has 0 aliphatic rings. The monoisotopic (exact) mass is 390 g/mol. The number of aryl methyl sites for hydroxylation is 3. The predicted molar refractivity (Wildman–Crippen MR) is 98.4 cm³/mol. The SMILES string of the molecule is Cc1cc(O)c(-c2cc(C)c(-c3ccc(OC(F)(F)F)cc3)cc2C)c(=O)o1. The summed E-state index contributed by atoms with van der Waals surface area (Å²) in [4.78, 5) is 12.2. The molecule has 1 N–H and O–H groups in total. The first-order valence-electron chi connectivity index (χ1n) is 8.36. The van der Waals surface area contributed by atoms with Gasteiger partial charge < -0.3 is 14.3 Å². The summed E-state index contributed by atoms with van der Waals surface area (Å²) in [5.41, 5.74) is 2.95. The molecule has 0 atom stereocenters. The van der Waals surface area contributed by atoms with Crippen molar-refractivity contribution in [2.24, 2.45) is 0 Å². The van der Waals surface area contributed by atoms with Crippen molar-refractivity contribution in [1.82, 2.24) is 0 Å². The molecule has 1 aromatic heterocycles. The number of halogens is 3. The Morgan fingerprint density at radius 1 is 0.929 bits per heavy atom. The number of rotatable bonds is 3. The van der Waals surface area contributed by atoms with E-state index in [9.17, 15) is 23.1 Å². The molecule has 7 heteroatoms. The molecule has 0 radical (unpaired) electrons. The van der Waals surface area contributed by atoms with Crippen LogP contribution in [0.25, 0.3) is 22.3 Å². The van der Waals surface area contributed by atoms with E-state index in [1.807, 2.05) is 13.0 Å². The average molecular weight is 390 g/mol. The Morgan fingerprint density at radius 3 is 2.07 bits per heavy atom. The minimum Gasteiger partial charge on any atom is -0.507 e. The summed E-state index contributed by atoms with van der Waals surface area (Å²) in [6.07, 6.45) is -4.74. The second-order valence-corrected chi connectivity index (χ2v) is 6.46. The molecule has 0 amide bonds. The topological polar surface area (TPSA) is 59.7 Å². The van der Waals surface area contributed by atoms with Crippen LogP contribution in [-0.2, 0) is 0 Å². The van der Waals surface area contributed by atoms with E-state index in [-0.39, 0.29) is 17.1 Å². The normalized spacial score (nSPS) is 11.5. The van der Waals surface area contributed by atoms with Crippen LogP contribution in [0, 0.1) is 20.8 Å². The third-order valence-corrected chi connectivity index (χ3v) is 4.29. The second kappa shape index (κ2) is 7.07. The van der Waals surface area contributed by atoms with Gasteiger partial charge in [-0.3, -0.25) is 0 Å². The molecule has 146 valence electrons. The predicted octanol–water partition coefficient (Wildman–Crippen LogP) is 5.50. The number of alkyl halides is 3. The third kappa shape index (κ3) is 4.03. The number of hydrogen-bond acceptors (Lipinski definition) is 4. The summed E-state index contributed by atoms with van der Waals surface area (Å²) in [7, 11) is 0. The van der Waals surface area contributed by atoms with Gasteiger partial charge in [0, 0.05) is 6.07 Å². The number of aromatic hydroxyl groups is 1. The zero-order chi connectivity index (χ0) is 20.6. The van der Waals surface area contributed by atoms with Crippen LogP contribution in [0.4, 0.5) is 13.2 Å². The number of hydrogen-bond donors (Lipinski definition) is 1. The molecule has 0 aliphatic heterocycles. The van der Waals surface area contributed by atoms with Crippen molar-refractivity contribution in [1.29, 1.82) is 0 Å². The van der Waals surface area contributed by atoms with Gasteiger partial charge in [-0.1, -0.05) is 24.3 Å². The van der Waals surface area contributed by atoms with Crippen LogP contribution in [0.1, 0.15) is 16.9 Å². The van der Waals surface area contributed by atoms with Crippen LogP contribution in [0.2, 0.25) is 0 Å². The lowest BCUT2D eigenvalue weighted by Gasteiger charge is -2.14. The Kier molecular flexibility index (Phi) is 4.93. The summed E-state index contributed by atoms with van der Waals surface area (Å²) in [5, 5.41) is 10.2. The first-order valence-corrected chi connectivity index (χ1v) is 8.36. The minimum atomic E-state index is -4.74. The quantitative estimate of drug-likeness (QED) is 0.641. The molecule has 4 nitrogen and oxygen atoms in total. The highest BCUT2D eigenvalue weighted by Gasteiger charge is 2.31. The van der Waals surface area contributed by atoms with Crippen molar-refractivity contribution < 1.29 is 27.4 Å². The standard InChI is InChI=1S/C21H17F3O4/c1-11-9-17(19-18(25)10-13(3)27-20(19)26)12(2)8-16(11)14-4-6-15(7-5-14)28-21(22,23)24/h4-10,25H,1-3H3. The molecule has 0 fully saturated rings. The van der Waals surface area contributed by atoms with Gasteiger partial charge in [0.2, 0.25) is 0 Å². The summed E-state index contributed by atoms with van der Waals surface area (Å²) in [6, 6.07) is 10.5. The van der Waals surface area contributed by atoms with Crippen LogP contribution in [0.5, 0.6) is 11.5 Å². The van der Waals surface area contributed by atoms with Crippen molar-refractivity contribution in [3.8, 4) is 33.8 Å². The molecule has 2 aromatic carbocycles. The Bertz CT molecular complexity index is 1080. The zero-order valence-electron chi connectivity index (χ0n) is 15.3. The molecular weight excluding hydrogens is 373 g/mol. The van der Waals surface area contributed by atoms with E-state index in [4.69, 9.17) is 4.42 Å². The van der Waals surface area contributed by atoms with Crippen LogP contribution in [-0.4, -0.2) is 11.5 Å². The maximum absolute atomic E-state index is 12.3. The summed E-state index contributed by atoms with van der Waals surface area (Å²) >= 11 is 0. The van der Waals surface area contributed by atoms with Gasteiger partial charge in [-0.05, 0) is 60.7 Å². The smallest absolute Gasteiger partial charge is 0.507 e. The number of ether oxygens (including phenoxy) is 1. The average Bonchev–Trinajstić information content (AvgIpc) is 2.56. The first kappa shape index (κ1) is 19.5. The molecule has 0 unspecified atom stereocenters. The van der Waals surface area contributed by atoms with E-state index in [0.29, 0.717) is 22.5 Å². The summed E-state index contributed by atoms with van der Waals surface area (Å²) in [5.74, 6) is -0.166. The highest BCUT2D eigenvalue weighted by molar-refractivity contribution is 5.78. The fourth-order valence-electron chi connectivity index (χ4n) is 3.08. The zero-order valence-corrected chi connectivity index (χ0v) is 15.3. The van der Waals surface area contributed by atoms with Gasteiger partial charge in [-0.15, -0.1) is 13.2 Å². The van der Waals surface area contributed by atoms with E-state index in [0.717, 1.165) is 11.1 Å². The Balaban J connectivity index is 2.03. The van der Waals surface area contributed by atoms with E-state index in [2.05, 4.69) is 4.74 Å². The van der Waals surface area contributed by atoms with Gasteiger partial charge in [0.05, 0.1) is 0 Å². The van der Waals surface area contributed by atoms with E-state index >= 15 is 0 Å². The third-order valence-electron chi connectivity index (χ3n) is 4.29. The first-order chi connectivity index (χ1) is 13.0. The van der Waals surface area contributed by atoms with Gasteiger partial charge in [0.1, 0.15) is 22.8 Å². The minimum absolute atomic E-state index is 0.0756. The number of benzene rings is 2. The molecule has 28 heavy (non-hydrogen) atoms. The lowest BCUT2D eigenvalue weighted by atomic mass is 9.92. The van der Waals surface area contributed by atoms with Crippen LogP contribution < -0.4 is 10.4 Å².